The normalized spacial score (nSPS) is 12.7. The zero-order valence-corrected chi connectivity index (χ0v) is 9.12. The lowest BCUT2D eigenvalue weighted by Crippen LogP contribution is -2.22. The highest BCUT2D eigenvalue weighted by Gasteiger charge is 2.07. The Hall–Kier alpha value is -1.29. The summed E-state index contributed by atoms with van der Waals surface area (Å²) in [6, 6.07) is 3.84. The molecule has 0 saturated heterocycles. The Balaban J connectivity index is 2.18. The number of aryl methyl sites for hydroxylation is 1. The smallest absolute Gasteiger partial charge is 0.303 e. The molecule has 1 aromatic rings. The number of carbonyl (C=O) groups is 1. The minimum Gasteiger partial charge on any atom is -0.481 e. The Morgan fingerprint density at radius 1 is 1.60 bits per heavy atom. The lowest BCUT2D eigenvalue weighted by molar-refractivity contribution is -0.137. The van der Waals surface area contributed by atoms with E-state index in [-0.39, 0.29) is 12.3 Å². The predicted octanol–water partition coefficient (Wildman–Crippen LogP) is 1.79. The highest BCUT2D eigenvalue weighted by atomic mass is 16.4. The molecule has 1 rings (SSSR count). The van der Waals surface area contributed by atoms with Gasteiger partial charge in [-0.05, 0) is 31.5 Å². The van der Waals surface area contributed by atoms with Gasteiger partial charge in [-0.3, -0.25) is 4.79 Å². The standard InChI is InChI=1S/C11H17NO3/c1-8(5-11(13)14)6-12-7-10-4-3-9(2)15-10/h3-4,8,12H,5-7H2,1-2H3,(H,13,14). The van der Waals surface area contributed by atoms with Gasteiger partial charge in [-0.25, -0.2) is 0 Å². The summed E-state index contributed by atoms with van der Waals surface area (Å²) in [4.78, 5) is 10.4. The van der Waals surface area contributed by atoms with E-state index in [0.29, 0.717) is 13.1 Å². The summed E-state index contributed by atoms with van der Waals surface area (Å²) < 4.78 is 5.37. The molecule has 4 heteroatoms. The Morgan fingerprint density at radius 3 is 2.87 bits per heavy atom. The molecule has 0 aliphatic carbocycles. The van der Waals surface area contributed by atoms with E-state index in [0.717, 1.165) is 11.5 Å². The van der Waals surface area contributed by atoms with Gasteiger partial charge in [0.05, 0.1) is 6.54 Å². The Labute approximate surface area is 89.3 Å². The van der Waals surface area contributed by atoms with Crippen LogP contribution in [0.1, 0.15) is 24.9 Å². The molecule has 1 heterocycles. The lowest BCUT2D eigenvalue weighted by Gasteiger charge is -2.08. The van der Waals surface area contributed by atoms with E-state index in [9.17, 15) is 4.79 Å². The first-order chi connectivity index (χ1) is 7.08. The van der Waals surface area contributed by atoms with E-state index in [4.69, 9.17) is 9.52 Å². The Morgan fingerprint density at radius 2 is 2.33 bits per heavy atom. The minimum absolute atomic E-state index is 0.138. The van der Waals surface area contributed by atoms with Gasteiger partial charge in [-0.2, -0.15) is 0 Å². The van der Waals surface area contributed by atoms with Gasteiger partial charge in [0.15, 0.2) is 0 Å². The third kappa shape index (κ3) is 4.65. The van der Waals surface area contributed by atoms with Crippen LogP contribution in [0.15, 0.2) is 16.5 Å². The van der Waals surface area contributed by atoms with Gasteiger partial charge >= 0.3 is 5.97 Å². The number of aliphatic carboxylic acids is 1. The Bertz CT molecular complexity index is 319. The Kier molecular flexibility index (Phi) is 4.37. The molecular formula is C11H17NO3. The van der Waals surface area contributed by atoms with E-state index < -0.39 is 5.97 Å². The summed E-state index contributed by atoms with van der Waals surface area (Å²) in [6.07, 6.45) is 0.199. The molecule has 0 radical (unpaired) electrons. The maximum absolute atomic E-state index is 10.4. The van der Waals surface area contributed by atoms with Crippen molar-refractivity contribution in [3.05, 3.63) is 23.7 Å². The maximum Gasteiger partial charge on any atom is 0.303 e. The van der Waals surface area contributed by atoms with Gasteiger partial charge in [0.1, 0.15) is 11.5 Å². The van der Waals surface area contributed by atoms with Crippen molar-refractivity contribution in [1.82, 2.24) is 5.32 Å². The van der Waals surface area contributed by atoms with Gasteiger partial charge in [0.2, 0.25) is 0 Å². The zero-order chi connectivity index (χ0) is 11.3. The van der Waals surface area contributed by atoms with Crippen LogP contribution in [0.4, 0.5) is 0 Å². The van der Waals surface area contributed by atoms with Crippen molar-refractivity contribution in [2.45, 2.75) is 26.8 Å². The summed E-state index contributed by atoms with van der Waals surface area (Å²) in [5, 5.41) is 11.7. The fourth-order valence-corrected chi connectivity index (χ4v) is 1.39. The van der Waals surface area contributed by atoms with Gasteiger partial charge in [-0.1, -0.05) is 6.92 Å². The summed E-state index contributed by atoms with van der Waals surface area (Å²) in [5.41, 5.74) is 0. The average molecular weight is 211 g/mol. The first-order valence-electron chi connectivity index (χ1n) is 5.05. The van der Waals surface area contributed by atoms with Crippen LogP contribution in [0.3, 0.4) is 0 Å². The van der Waals surface area contributed by atoms with Crippen molar-refractivity contribution in [3.63, 3.8) is 0 Å². The van der Waals surface area contributed by atoms with E-state index >= 15 is 0 Å². The molecule has 0 aromatic carbocycles. The van der Waals surface area contributed by atoms with Gasteiger partial charge in [-0.15, -0.1) is 0 Å². The van der Waals surface area contributed by atoms with Crippen LogP contribution in [0, 0.1) is 12.8 Å². The van der Waals surface area contributed by atoms with Crippen LogP contribution in [-0.2, 0) is 11.3 Å². The molecule has 0 amide bonds. The molecule has 0 fully saturated rings. The highest BCUT2D eigenvalue weighted by Crippen LogP contribution is 2.06. The van der Waals surface area contributed by atoms with Crippen LogP contribution in [0.25, 0.3) is 0 Å². The molecule has 0 aliphatic rings. The first-order valence-corrected chi connectivity index (χ1v) is 5.05. The highest BCUT2D eigenvalue weighted by molar-refractivity contribution is 5.66. The quantitative estimate of drug-likeness (QED) is 0.753. The number of carboxylic acids is 1. The number of furan rings is 1. The monoisotopic (exact) mass is 211 g/mol. The van der Waals surface area contributed by atoms with E-state index in [2.05, 4.69) is 5.32 Å². The molecule has 0 saturated carbocycles. The molecule has 1 unspecified atom stereocenters. The maximum atomic E-state index is 10.4. The van der Waals surface area contributed by atoms with Crippen molar-refractivity contribution in [3.8, 4) is 0 Å². The van der Waals surface area contributed by atoms with Crippen molar-refractivity contribution >= 4 is 5.97 Å². The third-order valence-corrected chi connectivity index (χ3v) is 2.11. The van der Waals surface area contributed by atoms with Crippen molar-refractivity contribution in [2.24, 2.45) is 5.92 Å². The topological polar surface area (TPSA) is 62.5 Å². The zero-order valence-electron chi connectivity index (χ0n) is 9.12. The lowest BCUT2D eigenvalue weighted by atomic mass is 10.1. The number of nitrogens with one attached hydrogen (secondary N) is 1. The SMILES string of the molecule is Cc1ccc(CNCC(C)CC(=O)O)o1. The van der Waals surface area contributed by atoms with Gasteiger partial charge in [0.25, 0.3) is 0 Å². The van der Waals surface area contributed by atoms with Crippen molar-refractivity contribution < 1.29 is 14.3 Å². The molecule has 84 valence electrons. The predicted molar refractivity (Wildman–Crippen MR) is 56.6 cm³/mol. The summed E-state index contributed by atoms with van der Waals surface area (Å²) in [7, 11) is 0. The molecule has 0 spiro atoms. The second-order valence-corrected chi connectivity index (χ2v) is 3.85. The van der Waals surface area contributed by atoms with Gasteiger partial charge in [0, 0.05) is 6.42 Å². The number of carboxylic acid groups (broad SMARTS) is 1. The molecule has 15 heavy (non-hydrogen) atoms. The van der Waals surface area contributed by atoms with Crippen molar-refractivity contribution in [2.75, 3.05) is 6.54 Å². The third-order valence-electron chi connectivity index (χ3n) is 2.11. The molecule has 0 bridgehead atoms. The van der Waals surface area contributed by atoms with Crippen LogP contribution >= 0.6 is 0 Å². The molecule has 1 atom stereocenters. The minimum atomic E-state index is -0.752. The second kappa shape index (κ2) is 5.56. The molecule has 4 nitrogen and oxygen atoms in total. The summed E-state index contributed by atoms with van der Waals surface area (Å²) in [5.74, 6) is 1.16. The molecule has 1 aromatic heterocycles. The largest absolute Gasteiger partial charge is 0.481 e. The van der Waals surface area contributed by atoms with E-state index in [1.54, 1.807) is 0 Å². The van der Waals surface area contributed by atoms with Crippen LogP contribution in [0.5, 0.6) is 0 Å². The number of hydrogen-bond acceptors (Lipinski definition) is 3. The van der Waals surface area contributed by atoms with Crippen LogP contribution in [-0.4, -0.2) is 17.6 Å². The number of hydrogen-bond donors (Lipinski definition) is 2. The fourth-order valence-electron chi connectivity index (χ4n) is 1.39. The summed E-state index contributed by atoms with van der Waals surface area (Å²) in [6.45, 7) is 5.15. The van der Waals surface area contributed by atoms with Crippen molar-refractivity contribution in [1.29, 1.82) is 0 Å². The van der Waals surface area contributed by atoms with Gasteiger partial charge < -0.3 is 14.8 Å². The molecule has 2 N–H and O–H groups in total. The van der Waals surface area contributed by atoms with Crippen LogP contribution < -0.4 is 5.32 Å². The molecule has 0 aliphatic heterocycles. The summed E-state index contributed by atoms with van der Waals surface area (Å²) >= 11 is 0. The second-order valence-electron chi connectivity index (χ2n) is 3.85. The first kappa shape index (κ1) is 11.8. The van der Waals surface area contributed by atoms with E-state index in [1.807, 2.05) is 26.0 Å². The molecular weight excluding hydrogens is 194 g/mol. The number of rotatable bonds is 6. The fraction of sp³-hybridized carbons (Fsp3) is 0.545. The average Bonchev–Trinajstić information content (AvgIpc) is 2.50. The van der Waals surface area contributed by atoms with E-state index in [1.165, 1.54) is 0 Å². The van der Waals surface area contributed by atoms with Crippen LogP contribution in [0.2, 0.25) is 0 Å².